The Kier molecular flexibility index (Phi) is 3.11. The van der Waals surface area contributed by atoms with Crippen LogP contribution in [0, 0.1) is 0 Å². The van der Waals surface area contributed by atoms with E-state index in [9.17, 15) is 4.79 Å². The molecule has 0 atom stereocenters. The van der Waals surface area contributed by atoms with E-state index in [-0.39, 0.29) is 5.78 Å². The van der Waals surface area contributed by atoms with Crippen LogP contribution in [0.25, 0.3) is 0 Å². The molecule has 64 valence electrons. The lowest BCUT2D eigenvalue weighted by Gasteiger charge is -1.98. The van der Waals surface area contributed by atoms with Crippen LogP contribution in [0.3, 0.4) is 0 Å². The van der Waals surface area contributed by atoms with Crippen LogP contribution >= 0.6 is 11.9 Å². The number of hydrogen-bond donors (Lipinski definition) is 0. The predicted octanol–water partition coefficient (Wildman–Crippen LogP) is 2.81. The van der Waals surface area contributed by atoms with Gasteiger partial charge in [0.2, 0.25) is 0 Å². The fraction of sp³-hybridized carbons (Fsp3) is 0.222. The standard InChI is InChI=1S/C9H9ClO2/c1-2-9(11)7-3-5-8(12-10)6-4-7/h3-6H,2H2,1H3. The van der Waals surface area contributed by atoms with Crippen LogP contribution in [0.1, 0.15) is 23.7 Å². The van der Waals surface area contributed by atoms with E-state index in [1.54, 1.807) is 24.3 Å². The van der Waals surface area contributed by atoms with Crippen LogP contribution in [0.2, 0.25) is 0 Å². The third-order valence-electron chi connectivity index (χ3n) is 1.59. The molecule has 0 spiro atoms. The summed E-state index contributed by atoms with van der Waals surface area (Å²) in [6.45, 7) is 1.83. The van der Waals surface area contributed by atoms with Gasteiger partial charge in [-0.2, -0.15) is 0 Å². The summed E-state index contributed by atoms with van der Waals surface area (Å²) in [6, 6.07) is 6.72. The lowest BCUT2D eigenvalue weighted by atomic mass is 10.1. The van der Waals surface area contributed by atoms with Crippen LogP contribution in [0.4, 0.5) is 0 Å². The highest BCUT2D eigenvalue weighted by molar-refractivity contribution is 6.09. The van der Waals surface area contributed by atoms with Gasteiger partial charge in [-0.3, -0.25) is 4.79 Å². The minimum Gasteiger partial charge on any atom is -0.386 e. The topological polar surface area (TPSA) is 26.3 Å². The van der Waals surface area contributed by atoms with Gasteiger partial charge in [0.15, 0.2) is 5.78 Å². The molecule has 0 radical (unpaired) electrons. The molecule has 1 aromatic rings. The third-order valence-corrected chi connectivity index (χ3v) is 1.76. The maximum Gasteiger partial charge on any atom is 0.162 e. The molecule has 0 amide bonds. The zero-order valence-corrected chi connectivity index (χ0v) is 7.47. The average molecular weight is 185 g/mol. The van der Waals surface area contributed by atoms with Gasteiger partial charge in [0.05, 0.1) is 0 Å². The van der Waals surface area contributed by atoms with E-state index in [2.05, 4.69) is 4.29 Å². The van der Waals surface area contributed by atoms with Gasteiger partial charge in [-0.25, -0.2) is 0 Å². The molecular formula is C9H9ClO2. The first-order valence-corrected chi connectivity index (χ1v) is 4.00. The summed E-state index contributed by atoms with van der Waals surface area (Å²) < 4.78 is 4.44. The molecule has 0 fully saturated rings. The Bertz CT molecular complexity index is 266. The second kappa shape index (κ2) is 4.12. The molecule has 1 rings (SSSR count). The molecule has 0 unspecified atom stereocenters. The highest BCUT2D eigenvalue weighted by Gasteiger charge is 2.01. The number of carbonyl (C=O) groups excluding carboxylic acids is 1. The monoisotopic (exact) mass is 184 g/mol. The molecule has 0 aromatic heterocycles. The minimum atomic E-state index is 0.121. The Morgan fingerprint density at radius 3 is 2.42 bits per heavy atom. The smallest absolute Gasteiger partial charge is 0.162 e. The Morgan fingerprint density at radius 2 is 2.00 bits per heavy atom. The van der Waals surface area contributed by atoms with Gasteiger partial charge in [0.25, 0.3) is 0 Å². The van der Waals surface area contributed by atoms with Crippen molar-refractivity contribution in [2.24, 2.45) is 0 Å². The summed E-state index contributed by atoms with van der Waals surface area (Å²) in [7, 11) is 0. The largest absolute Gasteiger partial charge is 0.386 e. The Balaban J connectivity index is 2.84. The third kappa shape index (κ3) is 1.98. The van der Waals surface area contributed by atoms with Crippen LogP contribution in [0.15, 0.2) is 24.3 Å². The zero-order chi connectivity index (χ0) is 8.97. The van der Waals surface area contributed by atoms with E-state index in [0.29, 0.717) is 17.7 Å². The Morgan fingerprint density at radius 1 is 1.42 bits per heavy atom. The van der Waals surface area contributed by atoms with Crippen molar-refractivity contribution in [1.82, 2.24) is 0 Å². The van der Waals surface area contributed by atoms with Gasteiger partial charge < -0.3 is 4.29 Å². The molecule has 3 heteroatoms. The van der Waals surface area contributed by atoms with Gasteiger partial charge in [-0.1, -0.05) is 6.92 Å². The lowest BCUT2D eigenvalue weighted by molar-refractivity contribution is 0.0988. The molecule has 1 aromatic carbocycles. The Labute approximate surface area is 76.3 Å². The molecule has 12 heavy (non-hydrogen) atoms. The molecular weight excluding hydrogens is 176 g/mol. The van der Waals surface area contributed by atoms with Crippen molar-refractivity contribution in [3.63, 3.8) is 0 Å². The van der Waals surface area contributed by atoms with Crippen molar-refractivity contribution < 1.29 is 9.08 Å². The fourth-order valence-corrected chi connectivity index (χ4v) is 0.999. The molecule has 0 bridgehead atoms. The maximum atomic E-state index is 11.1. The number of hydrogen-bond acceptors (Lipinski definition) is 2. The van der Waals surface area contributed by atoms with Gasteiger partial charge >= 0.3 is 0 Å². The second-order valence-electron chi connectivity index (χ2n) is 2.38. The van der Waals surface area contributed by atoms with Crippen LogP contribution in [-0.4, -0.2) is 5.78 Å². The minimum absolute atomic E-state index is 0.121. The van der Waals surface area contributed by atoms with Crippen molar-refractivity contribution >= 4 is 17.6 Å². The number of carbonyl (C=O) groups is 1. The van der Waals surface area contributed by atoms with E-state index < -0.39 is 0 Å². The van der Waals surface area contributed by atoms with Gasteiger partial charge in [0, 0.05) is 12.0 Å². The van der Waals surface area contributed by atoms with E-state index in [1.165, 1.54) is 0 Å². The number of halogens is 1. The van der Waals surface area contributed by atoms with E-state index in [1.807, 2.05) is 6.92 Å². The average Bonchev–Trinajstić information content (AvgIpc) is 2.17. The van der Waals surface area contributed by atoms with Gasteiger partial charge in [-0.15, -0.1) is 0 Å². The number of Topliss-reactive ketones (excluding diaryl/α,β-unsaturated/α-hetero) is 1. The summed E-state index contributed by atoms with van der Waals surface area (Å²) in [5, 5.41) is 0. The molecule has 0 aliphatic carbocycles. The molecule has 0 heterocycles. The van der Waals surface area contributed by atoms with Crippen LogP contribution in [0.5, 0.6) is 5.75 Å². The fourth-order valence-electron chi connectivity index (χ4n) is 0.896. The van der Waals surface area contributed by atoms with Gasteiger partial charge in [0.1, 0.15) is 17.6 Å². The molecule has 2 nitrogen and oxygen atoms in total. The predicted molar refractivity (Wildman–Crippen MR) is 47.5 cm³/mol. The quantitative estimate of drug-likeness (QED) is 0.676. The zero-order valence-electron chi connectivity index (χ0n) is 6.71. The number of benzene rings is 1. The van der Waals surface area contributed by atoms with Crippen molar-refractivity contribution in [3.8, 4) is 5.75 Å². The molecule has 0 saturated carbocycles. The first kappa shape index (κ1) is 9.07. The van der Waals surface area contributed by atoms with Crippen molar-refractivity contribution in [1.29, 1.82) is 0 Å². The highest BCUT2D eigenvalue weighted by Crippen LogP contribution is 2.14. The number of rotatable bonds is 3. The normalized spacial score (nSPS) is 9.50. The SMILES string of the molecule is CCC(=O)c1ccc(OCl)cc1. The summed E-state index contributed by atoms with van der Waals surface area (Å²) in [4.78, 5) is 11.1. The second-order valence-corrected chi connectivity index (χ2v) is 2.53. The van der Waals surface area contributed by atoms with E-state index in [0.717, 1.165) is 0 Å². The highest BCUT2D eigenvalue weighted by atomic mass is 35.5. The molecule has 0 saturated heterocycles. The van der Waals surface area contributed by atoms with Crippen LogP contribution < -0.4 is 4.29 Å². The van der Waals surface area contributed by atoms with Gasteiger partial charge in [-0.05, 0) is 24.3 Å². The van der Waals surface area contributed by atoms with Crippen molar-refractivity contribution in [2.45, 2.75) is 13.3 Å². The summed E-state index contributed by atoms with van der Waals surface area (Å²) in [6.07, 6.45) is 0.515. The van der Waals surface area contributed by atoms with Crippen molar-refractivity contribution in [3.05, 3.63) is 29.8 Å². The molecule has 0 aliphatic heterocycles. The summed E-state index contributed by atoms with van der Waals surface area (Å²) in [5.74, 6) is 0.667. The first-order chi connectivity index (χ1) is 5.77. The first-order valence-electron chi connectivity index (χ1n) is 3.69. The van der Waals surface area contributed by atoms with E-state index in [4.69, 9.17) is 11.9 Å². The lowest BCUT2D eigenvalue weighted by Crippen LogP contribution is -1.95. The summed E-state index contributed by atoms with van der Waals surface area (Å²) in [5.41, 5.74) is 0.690. The van der Waals surface area contributed by atoms with Crippen molar-refractivity contribution in [2.75, 3.05) is 0 Å². The molecule has 0 N–H and O–H groups in total. The maximum absolute atomic E-state index is 11.1. The molecule has 0 aliphatic rings. The van der Waals surface area contributed by atoms with E-state index >= 15 is 0 Å². The van der Waals surface area contributed by atoms with Crippen LogP contribution in [-0.2, 0) is 0 Å². The number of ketones is 1. The summed E-state index contributed by atoms with van der Waals surface area (Å²) >= 11 is 5.11. The Hall–Kier alpha value is -1.02.